The zero-order chi connectivity index (χ0) is 14.7. The van der Waals surface area contributed by atoms with E-state index >= 15 is 0 Å². The van der Waals surface area contributed by atoms with Gasteiger partial charge in [0.15, 0.2) is 0 Å². The molecule has 0 fully saturated rings. The van der Waals surface area contributed by atoms with Gasteiger partial charge in [0.2, 0.25) is 0 Å². The Morgan fingerprint density at radius 1 is 1.30 bits per heavy atom. The third-order valence-corrected chi connectivity index (χ3v) is 3.45. The average Bonchev–Trinajstić information content (AvgIpc) is 2.41. The van der Waals surface area contributed by atoms with E-state index in [9.17, 15) is 9.18 Å². The molecule has 2 aromatic carbocycles. The van der Waals surface area contributed by atoms with E-state index in [1.165, 1.54) is 12.1 Å². The Bertz CT molecular complexity index is 646. The lowest BCUT2D eigenvalue weighted by Gasteiger charge is -2.15. The number of nitrogens with one attached hydrogen (secondary N) is 1. The molecule has 0 aliphatic carbocycles. The summed E-state index contributed by atoms with van der Waals surface area (Å²) in [6, 6.07) is 11.5. The van der Waals surface area contributed by atoms with Gasteiger partial charge in [-0.1, -0.05) is 28.1 Å². The van der Waals surface area contributed by atoms with Crippen LogP contribution in [-0.4, -0.2) is 5.91 Å². The summed E-state index contributed by atoms with van der Waals surface area (Å²) in [6.07, 6.45) is 0. The molecule has 3 N–H and O–H groups in total. The van der Waals surface area contributed by atoms with E-state index in [0.717, 1.165) is 16.1 Å². The minimum Gasteiger partial charge on any atom is -0.396 e. The van der Waals surface area contributed by atoms with E-state index in [4.69, 9.17) is 5.73 Å². The molecular weight excluding hydrogens is 323 g/mol. The van der Waals surface area contributed by atoms with Gasteiger partial charge < -0.3 is 11.1 Å². The van der Waals surface area contributed by atoms with Gasteiger partial charge in [-0.15, -0.1) is 0 Å². The molecule has 1 amide bonds. The SMILES string of the molecule is C[C@@H](NC(=O)c1ccc(N)c(F)c1)c1cccc(Br)c1. The third kappa shape index (κ3) is 3.36. The van der Waals surface area contributed by atoms with Crippen molar-refractivity contribution in [1.82, 2.24) is 5.32 Å². The Balaban J connectivity index is 2.13. The van der Waals surface area contributed by atoms with E-state index < -0.39 is 5.82 Å². The zero-order valence-corrected chi connectivity index (χ0v) is 12.4. The van der Waals surface area contributed by atoms with Crippen molar-refractivity contribution in [3.05, 3.63) is 63.9 Å². The molecule has 1 atom stereocenters. The maximum atomic E-state index is 13.3. The number of halogens is 2. The molecule has 0 aliphatic heterocycles. The zero-order valence-electron chi connectivity index (χ0n) is 10.9. The van der Waals surface area contributed by atoms with E-state index in [1.807, 2.05) is 31.2 Å². The number of rotatable bonds is 3. The molecule has 2 rings (SSSR count). The molecule has 0 aliphatic rings. The first-order chi connectivity index (χ1) is 9.47. The highest BCUT2D eigenvalue weighted by atomic mass is 79.9. The van der Waals surface area contributed by atoms with Gasteiger partial charge in [0.05, 0.1) is 11.7 Å². The Kier molecular flexibility index (Phi) is 4.39. The fourth-order valence-electron chi connectivity index (χ4n) is 1.81. The number of nitrogen functional groups attached to an aromatic ring is 1. The third-order valence-electron chi connectivity index (χ3n) is 2.96. The number of anilines is 1. The van der Waals surface area contributed by atoms with Crippen molar-refractivity contribution in [2.45, 2.75) is 13.0 Å². The van der Waals surface area contributed by atoms with Crippen LogP contribution in [0.4, 0.5) is 10.1 Å². The van der Waals surface area contributed by atoms with Crippen molar-refractivity contribution in [3.8, 4) is 0 Å². The summed E-state index contributed by atoms with van der Waals surface area (Å²) in [5.74, 6) is -0.927. The average molecular weight is 337 g/mol. The van der Waals surface area contributed by atoms with Crippen LogP contribution in [0.3, 0.4) is 0 Å². The predicted molar refractivity (Wildman–Crippen MR) is 80.8 cm³/mol. The lowest BCUT2D eigenvalue weighted by atomic mass is 10.1. The van der Waals surface area contributed by atoms with Crippen LogP contribution in [0, 0.1) is 5.82 Å². The summed E-state index contributed by atoms with van der Waals surface area (Å²) in [6.45, 7) is 1.87. The van der Waals surface area contributed by atoms with Gasteiger partial charge in [-0.05, 0) is 42.8 Å². The van der Waals surface area contributed by atoms with Crippen molar-refractivity contribution in [1.29, 1.82) is 0 Å². The molecule has 3 nitrogen and oxygen atoms in total. The fraction of sp³-hybridized carbons (Fsp3) is 0.133. The highest BCUT2D eigenvalue weighted by Crippen LogP contribution is 2.19. The second-order valence-corrected chi connectivity index (χ2v) is 5.40. The molecule has 0 radical (unpaired) electrons. The largest absolute Gasteiger partial charge is 0.396 e. The van der Waals surface area contributed by atoms with Crippen LogP contribution < -0.4 is 11.1 Å². The van der Waals surface area contributed by atoms with Gasteiger partial charge in [-0.25, -0.2) is 4.39 Å². The van der Waals surface area contributed by atoms with Gasteiger partial charge >= 0.3 is 0 Å². The number of nitrogens with two attached hydrogens (primary N) is 1. The Morgan fingerprint density at radius 2 is 2.05 bits per heavy atom. The van der Waals surface area contributed by atoms with Crippen LogP contribution in [0.1, 0.15) is 28.9 Å². The Hall–Kier alpha value is -1.88. The fourth-order valence-corrected chi connectivity index (χ4v) is 2.22. The quantitative estimate of drug-likeness (QED) is 0.840. The van der Waals surface area contributed by atoms with Crippen molar-refractivity contribution in [2.24, 2.45) is 0 Å². The molecule has 0 unspecified atom stereocenters. The molecule has 104 valence electrons. The monoisotopic (exact) mass is 336 g/mol. The van der Waals surface area contributed by atoms with Gasteiger partial charge in [0.1, 0.15) is 5.82 Å². The van der Waals surface area contributed by atoms with Crippen LogP contribution in [0.2, 0.25) is 0 Å². The van der Waals surface area contributed by atoms with E-state index in [2.05, 4.69) is 21.2 Å². The summed E-state index contributed by atoms with van der Waals surface area (Å²) < 4.78 is 14.3. The maximum Gasteiger partial charge on any atom is 0.251 e. The van der Waals surface area contributed by atoms with Crippen molar-refractivity contribution >= 4 is 27.5 Å². The summed E-state index contributed by atoms with van der Waals surface area (Å²) >= 11 is 3.38. The number of benzene rings is 2. The molecule has 0 saturated carbocycles. The second kappa shape index (κ2) is 6.05. The lowest BCUT2D eigenvalue weighted by Crippen LogP contribution is -2.26. The molecule has 0 bridgehead atoms. The van der Waals surface area contributed by atoms with Gasteiger partial charge in [0, 0.05) is 10.0 Å². The Labute approximate surface area is 125 Å². The number of hydrogen-bond acceptors (Lipinski definition) is 2. The summed E-state index contributed by atoms with van der Waals surface area (Å²) in [4.78, 5) is 12.0. The molecule has 2 aromatic rings. The minimum absolute atomic E-state index is 0.0292. The summed E-state index contributed by atoms with van der Waals surface area (Å²) in [5, 5.41) is 2.82. The highest BCUT2D eigenvalue weighted by Gasteiger charge is 2.13. The highest BCUT2D eigenvalue weighted by molar-refractivity contribution is 9.10. The predicted octanol–water partition coefficient (Wildman–Crippen LogP) is 3.66. The first-order valence-corrected chi connectivity index (χ1v) is 6.88. The van der Waals surface area contributed by atoms with Crippen LogP contribution in [0.15, 0.2) is 46.9 Å². The van der Waals surface area contributed by atoms with E-state index in [1.54, 1.807) is 0 Å². The minimum atomic E-state index is -0.590. The van der Waals surface area contributed by atoms with Crippen LogP contribution in [0.5, 0.6) is 0 Å². The molecule has 0 heterocycles. The second-order valence-electron chi connectivity index (χ2n) is 4.49. The van der Waals surface area contributed by atoms with Gasteiger partial charge in [-0.2, -0.15) is 0 Å². The molecule has 5 heteroatoms. The molecule has 0 saturated heterocycles. The standard InChI is InChI=1S/C15H14BrFN2O/c1-9(10-3-2-4-12(16)7-10)19-15(20)11-5-6-14(18)13(17)8-11/h2-9H,18H2,1H3,(H,19,20)/t9-/m1/s1. The van der Waals surface area contributed by atoms with Crippen molar-refractivity contribution in [2.75, 3.05) is 5.73 Å². The summed E-state index contributed by atoms with van der Waals surface area (Å²) in [7, 11) is 0. The number of hydrogen-bond donors (Lipinski definition) is 2. The van der Waals surface area contributed by atoms with Gasteiger partial charge in [-0.3, -0.25) is 4.79 Å². The first-order valence-electron chi connectivity index (χ1n) is 6.08. The van der Waals surface area contributed by atoms with E-state index in [0.29, 0.717) is 0 Å². The smallest absolute Gasteiger partial charge is 0.251 e. The van der Waals surface area contributed by atoms with Crippen molar-refractivity contribution < 1.29 is 9.18 Å². The number of carbonyl (C=O) groups is 1. The van der Waals surface area contributed by atoms with Crippen LogP contribution >= 0.6 is 15.9 Å². The first kappa shape index (κ1) is 14.5. The topological polar surface area (TPSA) is 55.1 Å². The maximum absolute atomic E-state index is 13.3. The molecule has 0 spiro atoms. The normalized spacial score (nSPS) is 11.9. The number of carbonyl (C=O) groups excluding carboxylic acids is 1. The van der Waals surface area contributed by atoms with E-state index in [-0.39, 0.29) is 23.2 Å². The lowest BCUT2D eigenvalue weighted by molar-refractivity contribution is 0.0939. The molecule has 20 heavy (non-hydrogen) atoms. The molecular formula is C15H14BrFN2O. The summed E-state index contributed by atoms with van der Waals surface area (Å²) in [5.41, 5.74) is 6.63. The number of amides is 1. The van der Waals surface area contributed by atoms with Crippen LogP contribution in [-0.2, 0) is 0 Å². The molecule has 0 aromatic heterocycles. The van der Waals surface area contributed by atoms with Gasteiger partial charge in [0.25, 0.3) is 5.91 Å². The van der Waals surface area contributed by atoms with Crippen LogP contribution in [0.25, 0.3) is 0 Å². The van der Waals surface area contributed by atoms with Crippen molar-refractivity contribution in [3.63, 3.8) is 0 Å². The Morgan fingerprint density at radius 3 is 2.70 bits per heavy atom.